The van der Waals surface area contributed by atoms with E-state index in [-0.39, 0.29) is 18.0 Å². The first kappa shape index (κ1) is 18.7. The van der Waals surface area contributed by atoms with Gasteiger partial charge in [0.2, 0.25) is 5.88 Å². The molecule has 1 saturated heterocycles. The zero-order valence-corrected chi connectivity index (χ0v) is 15.8. The van der Waals surface area contributed by atoms with Gasteiger partial charge in [-0.3, -0.25) is 9.48 Å². The summed E-state index contributed by atoms with van der Waals surface area (Å²) < 4.78 is 7.50. The van der Waals surface area contributed by atoms with Crippen molar-refractivity contribution in [3.05, 3.63) is 36.3 Å². The molecule has 0 unspecified atom stereocenters. The molecule has 0 aromatic carbocycles. The first-order valence-electron chi connectivity index (χ1n) is 8.82. The van der Waals surface area contributed by atoms with E-state index < -0.39 is 0 Å². The van der Waals surface area contributed by atoms with Crippen LogP contribution < -0.4 is 10.1 Å². The van der Waals surface area contributed by atoms with Crippen LogP contribution in [0.4, 0.5) is 10.5 Å². The van der Waals surface area contributed by atoms with E-state index in [0.29, 0.717) is 30.4 Å². The molecule has 9 heteroatoms. The van der Waals surface area contributed by atoms with Crippen molar-refractivity contribution < 1.29 is 14.3 Å². The Balaban J connectivity index is 1.50. The third kappa shape index (κ3) is 4.55. The molecule has 3 rings (SSSR count). The Morgan fingerprint density at radius 3 is 2.52 bits per heavy atom. The highest BCUT2D eigenvalue weighted by atomic mass is 16.5. The van der Waals surface area contributed by atoms with E-state index in [0.717, 1.165) is 12.8 Å². The van der Waals surface area contributed by atoms with Gasteiger partial charge in [0, 0.05) is 59.3 Å². The number of nitrogens with zero attached hydrogens (tertiary/aromatic N) is 5. The number of carbonyl (C=O) groups is 2. The molecular weight excluding hydrogens is 348 g/mol. The number of rotatable bonds is 4. The molecule has 9 nitrogen and oxygen atoms in total. The van der Waals surface area contributed by atoms with Gasteiger partial charge in [-0.2, -0.15) is 5.10 Å². The Kier molecular flexibility index (Phi) is 5.58. The van der Waals surface area contributed by atoms with E-state index in [2.05, 4.69) is 15.4 Å². The highest BCUT2D eigenvalue weighted by Crippen LogP contribution is 2.20. The van der Waals surface area contributed by atoms with Crippen LogP contribution in [0, 0.1) is 0 Å². The van der Waals surface area contributed by atoms with Gasteiger partial charge in [-0.15, -0.1) is 0 Å². The standard InChI is InChI=1S/C18H24N6O3/c1-22(2)18(26)21-13-4-5-16(19-12-13)27-14-7-10-24(11-8-14)17(25)15-6-9-20-23(15)3/h4-6,9,12,14H,7-8,10-11H2,1-3H3,(H,21,26). The number of amides is 3. The summed E-state index contributed by atoms with van der Waals surface area (Å²) in [5.41, 5.74) is 1.20. The van der Waals surface area contributed by atoms with Crippen LogP contribution in [0.3, 0.4) is 0 Å². The summed E-state index contributed by atoms with van der Waals surface area (Å²) in [6.07, 6.45) is 4.68. The largest absolute Gasteiger partial charge is 0.474 e. The fourth-order valence-corrected chi connectivity index (χ4v) is 2.85. The van der Waals surface area contributed by atoms with E-state index in [1.807, 2.05) is 4.90 Å². The molecule has 2 aromatic rings. The molecule has 0 atom stereocenters. The molecule has 1 aliphatic rings. The quantitative estimate of drug-likeness (QED) is 0.880. The summed E-state index contributed by atoms with van der Waals surface area (Å²) in [6, 6.07) is 5.00. The van der Waals surface area contributed by atoms with Crippen LogP contribution in [0.2, 0.25) is 0 Å². The Labute approximate surface area is 157 Å². The number of pyridine rings is 1. The van der Waals surface area contributed by atoms with Crippen LogP contribution in [0.25, 0.3) is 0 Å². The summed E-state index contributed by atoms with van der Waals surface area (Å²) in [7, 11) is 5.11. The lowest BCUT2D eigenvalue weighted by atomic mass is 10.1. The number of nitrogens with one attached hydrogen (secondary N) is 1. The second-order valence-electron chi connectivity index (χ2n) is 6.66. The predicted molar refractivity (Wildman–Crippen MR) is 99.7 cm³/mol. The molecule has 144 valence electrons. The van der Waals surface area contributed by atoms with Crippen molar-refractivity contribution in [1.29, 1.82) is 0 Å². The molecule has 0 bridgehead atoms. The van der Waals surface area contributed by atoms with Gasteiger partial charge in [0.15, 0.2) is 0 Å². The number of ether oxygens (including phenoxy) is 1. The first-order chi connectivity index (χ1) is 12.9. The molecule has 1 fully saturated rings. The summed E-state index contributed by atoms with van der Waals surface area (Å²) >= 11 is 0. The molecule has 3 heterocycles. The van der Waals surface area contributed by atoms with Crippen LogP contribution in [-0.4, -0.2) is 69.8 Å². The number of urea groups is 1. The fourth-order valence-electron chi connectivity index (χ4n) is 2.85. The van der Waals surface area contributed by atoms with Crippen molar-refractivity contribution in [2.24, 2.45) is 7.05 Å². The number of hydrogen-bond acceptors (Lipinski definition) is 5. The molecule has 1 aliphatic heterocycles. The summed E-state index contributed by atoms with van der Waals surface area (Å²) in [4.78, 5) is 31.6. The van der Waals surface area contributed by atoms with Crippen LogP contribution >= 0.6 is 0 Å². The number of piperidine rings is 1. The Hall–Kier alpha value is -3.10. The number of aryl methyl sites for hydroxylation is 1. The maximum absolute atomic E-state index is 12.5. The van der Waals surface area contributed by atoms with Crippen molar-refractivity contribution in [2.45, 2.75) is 18.9 Å². The number of anilines is 1. The Bertz CT molecular complexity index is 794. The lowest BCUT2D eigenvalue weighted by Crippen LogP contribution is -2.42. The van der Waals surface area contributed by atoms with Gasteiger partial charge >= 0.3 is 6.03 Å². The minimum atomic E-state index is -0.212. The lowest BCUT2D eigenvalue weighted by molar-refractivity contribution is 0.0578. The van der Waals surface area contributed by atoms with E-state index in [1.165, 1.54) is 4.90 Å². The molecule has 2 aromatic heterocycles. The van der Waals surface area contributed by atoms with E-state index in [1.54, 1.807) is 56.4 Å². The number of likely N-dealkylation sites (tertiary alicyclic amines) is 1. The minimum absolute atomic E-state index is 0.00689. The molecule has 1 N–H and O–H groups in total. The molecule has 0 aliphatic carbocycles. The molecule has 27 heavy (non-hydrogen) atoms. The smallest absolute Gasteiger partial charge is 0.321 e. The summed E-state index contributed by atoms with van der Waals surface area (Å²) in [5, 5.41) is 6.77. The van der Waals surface area contributed by atoms with Crippen LogP contribution in [-0.2, 0) is 7.05 Å². The van der Waals surface area contributed by atoms with Crippen molar-refractivity contribution in [1.82, 2.24) is 24.6 Å². The number of hydrogen-bond donors (Lipinski definition) is 1. The molecule has 0 radical (unpaired) electrons. The summed E-state index contributed by atoms with van der Waals surface area (Å²) in [5.74, 6) is 0.502. The SMILES string of the molecule is CN(C)C(=O)Nc1ccc(OC2CCN(C(=O)c3ccnn3C)CC2)nc1. The van der Waals surface area contributed by atoms with Gasteiger partial charge in [0.1, 0.15) is 11.8 Å². The normalized spacial score (nSPS) is 14.7. The van der Waals surface area contributed by atoms with Crippen molar-refractivity contribution >= 4 is 17.6 Å². The second kappa shape index (κ2) is 8.07. The lowest BCUT2D eigenvalue weighted by Gasteiger charge is -2.31. The topological polar surface area (TPSA) is 92.6 Å². The fraction of sp³-hybridized carbons (Fsp3) is 0.444. The average molecular weight is 372 g/mol. The third-order valence-corrected chi connectivity index (χ3v) is 4.45. The highest BCUT2D eigenvalue weighted by Gasteiger charge is 2.26. The van der Waals surface area contributed by atoms with Gasteiger partial charge < -0.3 is 19.9 Å². The monoisotopic (exact) mass is 372 g/mol. The highest BCUT2D eigenvalue weighted by molar-refractivity contribution is 5.92. The molecule has 0 saturated carbocycles. The van der Waals surface area contributed by atoms with Gasteiger partial charge in [-0.05, 0) is 12.1 Å². The van der Waals surface area contributed by atoms with E-state index in [4.69, 9.17) is 4.74 Å². The second-order valence-corrected chi connectivity index (χ2v) is 6.66. The number of aromatic nitrogens is 3. The number of carbonyl (C=O) groups excluding carboxylic acids is 2. The Morgan fingerprint density at radius 2 is 1.96 bits per heavy atom. The Morgan fingerprint density at radius 1 is 1.22 bits per heavy atom. The molecule has 0 spiro atoms. The summed E-state index contributed by atoms with van der Waals surface area (Å²) in [6.45, 7) is 1.26. The van der Waals surface area contributed by atoms with E-state index in [9.17, 15) is 9.59 Å². The van der Waals surface area contributed by atoms with Crippen LogP contribution in [0.5, 0.6) is 5.88 Å². The third-order valence-electron chi connectivity index (χ3n) is 4.45. The van der Waals surface area contributed by atoms with Crippen LogP contribution in [0.15, 0.2) is 30.6 Å². The van der Waals surface area contributed by atoms with Crippen molar-refractivity contribution in [2.75, 3.05) is 32.5 Å². The zero-order valence-electron chi connectivity index (χ0n) is 15.8. The molecule has 3 amide bonds. The van der Waals surface area contributed by atoms with Gasteiger partial charge in [0.25, 0.3) is 5.91 Å². The van der Waals surface area contributed by atoms with Crippen molar-refractivity contribution in [3.63, 3.8) is 0 Å². The maximum atomic E-state index is 12.5. The van der Waals surface area contributed by atoms with Gasteiger partial charge in [0.05, 0.1) is 11.9 Å². The van der Waals surface area contributed by atoms with E-state index >= 15 is 0 Å². The molecular formula is C18H24N6O3. The maximum Gasteiger partial charge on any atom is 0.321 e. The zero-order chi connectivity index (χ0) is 19.4. The van der Waals surface area contributed by atoms with Gasteiger partial charge in [-0.1, -0.05) is 0 Å². The van der Waals surface area contributed by atoms with Crippen LogP contribution in [0.1, 0.15) is 23.3 Å². The van der Waals surface area contributed by atoms with Crippen molar-refractivity contribution in [3.8, 4) is 5.88 Å². The predicted octanol–water partition coefficient (Wildman–Crippen LogP) is 1.59. The minimum Gasteiger partial charge on any atom is -0.474 e. The first-order valence-corrected chi connectivity index (χ1v) is 8.82. The average Bonchev–Trinajstić information content (AvgIpc) is 3.09. The van der Waals surface area contributed by atoms with Gasteiger partial charge in [-0.25, -0.2) is 9.78 Å².